The number of fused-ring (bicyclic) bond motifs is 1. The second-order valence-corrected chi connectivity index (χ2v) is 11.2. The Hall–Kier alpha value is -3.93. The highest BCUT2D eigenvalue weighted by molar-refractivity contribution is 5.90. The molecule has 0 spiro atoms. The molecule has 0 saturated heterocycles. The van der Waals surface area contributed by atoms with Crippen molar-refractivity contribution in [3.05, 3.63) is 94.5 Å². The first-order chi connectivity index (χ1) is 18.3. The number of benzene rings is 3. The largest absolute Gasteiger partial charge is 0.478 e. The number of amides is 2. The third-order valence-electron chi connectivity index (χ3n) is 8.54. The molecule has 6 rings (SSSR count). The Labute approximate surface area is 222 Å². The zero-order valence-corrected chi connectivity index (χ0v) is 21.6. The number of carbonyl (C=O) groups is 3. The maximum absolute atomic E-state index is 13.2. The molecule has 3 aromatic rings. The summed E-state index contributed by atoms with van der Waals surface area (Å²) in [6, 6.07) is 21.2. The third kappa shape index (κ3) is 4.60. The monoisotopic (exact) mass is 508 g/mol. The molecule has 1 aliphatic heterocycles. The number of hydrogen-bond donors (Lipinski definition) is 2. The van der Waals surface area contributed by atoms with Gasteiger partial charge in [-0.05, 0) is 77.1 Å². The lowest BCUT2D eigenvalue weighted by molar-refractivity contribution is -0.137. The molecule has 0 radical (unpaired) electrons. The van der Waals surface area contributed by atoms with Crippen molar-refractivity contribution in [3.63, 3.8) is 0 Å². The van der Waals surface area contributed by atoms with Gasteiger partial charge < -0.3 is 15.3 Å². The molecule has 194 valence electrons. The molecule has 0 bridgehead atoms. The molecule has 2 fully saturated rings. The van der Waals surface area contributed by atoms with Gasteiger partial charge in [0, 0.05) is 31.0 Å². The number of carbonyl (C=O) groups excluding carboxylic acids is 2. The first-order valence-electron chi connectivity index (χ1n) is 13.4. The van der Waals surface area contributed by atoms with E-state index >= 15 is 0 Å². The first kappa shape index (κ1) is 24.4. The van der Waals surface area contributed by atoms with Crippen LogP contribution in [0.2, 0.25) is 0 Å². The number of nitrogens with zero attached hydrogens (tertiary/aromatic N) is 1. The zero-order valence-electron chi connectivity index (χ0n) is 21.6. The standard InChI is InChI=1S/C32H32N2O4/c1-32(13-14-32)31(38)34-15-12-25-24(21-8-5-9-22(16-21)30(36)37)11-10-23(28(25)19-34)18-33-29(35)27-17-26(27)20-6-3-2-4-7-20/h2-11,16,26-27H,12-15,17-19H2,1H3,(H,33,35)(H,36,37)/t26-,27+/m0/s1. The van der Waals surface area contributed by atoms with Crippen molar-refractivity contribution in [3.8, 4) is 11.1 Å². The van der Waals surface area contributed by atoms with Crippen LogP contribution in [-0.2, 0) is 29.1 Å². The maximum Gasteiger partial charge on any atom is 0.335 e. The molecule has 3 aromatic carbocycles. The summed E-state index contributed by atoms with van der Waals surface area (Å²) in [7, 11) is 0. The lowest BCUT2D eigenvalue weighted by Gasteiger charge is -2.33. The van der Waals surface area contributed by atoms with Gasteiger partial charge in [0.25, 0.3) is 0 Å². The van der Waals surface area contributed by atoms with Gasteiger partial charge in [0.2, 0.25) is 11.8 Å². The molecule has 6 nitrogen and oxygen atoms in total. The molecule has 2 amide bonds. The van der Waals surface area contributed by atoms with Crippen molar-refractivity contribution in [1.29, 1.82) is 0 Å². The van der Waals surface area contributed by atoms with E-state index in [2.05, 4.69) is 17.4 Å². The van der Waals surface area contributed by atoms with Crippen molar-refractivity contribution < 1.29 is 19.5 Å². The average Bonchev–Trinajstić information content (AvgIpc) is 3.88. The Morgan fingerprint density at radius 3 is 2.53 bits per heavy atom. The van der Waals surface area contributed by atoms with Crippen LogP contribution in [0.15, 0.2) is 66.7 Å². The van der Waals surface area contributed by atoms with Gasteiger partial charge in [0.15, 0.2) is 0 Å². The van der Waals surface area contributed by atoms with Crippen LogP contribution in [0.4, 0.5) is 0 Å². The van der Waals surface area contributed by atoms with Crippen LogP contribution in [0, 0.1) is 11.3 Å². The molecular weight excluding hydrogens is 476 g/mol. The van der Waals surface area contributed by atoms with E-state index in [0.717, 1.165) is 47.1 Å². The molecule has 3 aliphatic rings. The third-order valence-corrected chi connectivity index (χ3v) is 8.54. The van der Waals surface area contributed by atoms with E-state index in [1.54, 1.807) is 18.2 Å². The number of nitrogens with one attached hydrogen (secondary N) is 1. The molecule has 6 heteroatoms. The molecule has 2 atom stereocenters. The van der Waals surface area contributed by atoms with Gasteiger partial charge in [-0.15, -0.1) is 0 Å². The van der Waals surface area contributed by atoms with Gasteiger partial charge in [-0.3, -0.25) is 9.59 Å². The molecule has 38 heavy (non-hydrogen) atoms. The Kier molecular flexibility index (Phi) is 6.05. The van der Waals surface area contributed by atoms with E-state index < -0.39 is 5.97 Å². The smallest absolute Gasteiger partial charge is 0.335 e. The first-order valence-corrected chi connectivity index (χ1v) is 13.4. The summed E-state index contributed by atoms with van der Waals surface area (Å²) in [5.74, 6) is -0.399. The number of hydrogen-bond acceptors (Lipinski definition) is 3. The molecule has 0 unspecified atom stereocenters. The van der Waals surface area contributed by atoms with Crippen LogP contribution in [0.1, 0.15) is 64.7 Å². The predicted octanol–water partition coefficient (Wildman–Crippen LogP) is 5.16. The second kappa shape index (κ2) is 9.43. The Morgan fingerprint density at radius 2 is 1.79 bits per heavy atom. The van der Waals surface area contributed by atoms with E-state index in [-0.39, 0.29) is 34.6 Å². The van der Waals surface area contributed by atoms with Gasteiger partial charge >= 0.3 is 5.97 Å². The van der Waals surface area contributed by atoms with Crippen LogP contribution in [0.25, 0.3) is 11.1 Å². The summed E-state index contributed by atoms with van der Waals surface area (Å²) in [5.41, 5.74) is 6.30. The van der Waals surface area contributed by atoms with Gasteiger partial charge in [-0.25, -0.2) is 4.79 Å². The zero-order chi connectivity index (χ0) is 26.4. The summed E-state index contributed by atoms with van der Waals surface area (Å²) in [6.45, 7) is 3.60. The molecule has 0 aromatic heterocycles. The van der Waals surface area contributed by atoms with Gasteiger partial charge in [-0.1, -0.05) is 61.5 Å². The number of rotatable bonds is 7. The number of carboxylic acid groups (broad SMARTS) is 1. The highest BCUT2D eigenvalue weighted by Gasteiger charge is 2.48. The van der Waals surface area contributed by atoms with Crippen molar-refractivity contribution in [1.82, 2.24) is 10.2 Å². The fraction of sp³-hybridized carbons (Fsp3) is 0.344. The predicted molar refractivity (Wildman–Crippen MR) is 144 cm³/mol. The Balaban J connectivity index is 1.26. The highest BCUT2D eigenvalue weighted by atomic mass is 16.4. The van der Waals surface area contributed by atoms with Gasteiger partial charge in [0.1, 0.15) is 0 Å². The van der Waals surface area contributed by atoms with Crippen molar-refractivity contribution in [2.75, 3.05) is 6.54 Å². The fourth-order valence-electron chi connectivity index (χ4n) is 5.82. The van der Waals surface area contributed by atoms with Crippen LogP contribution in [0.5, 0.6) is 0 Å². The van der Waals surface area contributed by atoms with E-state index in [9.17, 15) is 19.5 Å². The average molecular weight is 509 g/mol. The topological polar surface area (TPSA) is 86.7 Å². The fourth-order valence-corrected chi connectivity index (χ4v) is 5.82. The van der Waals surface area contributed by atoms with E-state index in [0.29, 0.717) is 26.1 Å². The molecule has 2 N–H and O–H groups in total. The van der Waals surface area contributed by atoms with Crippen LogP contribution in [-0.4, -0.2) is 34.3 Å². The van der Waals surface area contributed by atoms with E-state index in [1.165, 1.54) is 5.56 Å². The highest BCUT2D eigenvalue weighted by Crippen LogP contribution is 2.48. The van der Waals surface area contributed by atoms with E-state index in [4.69, 9.17) is 0 Å². The Bertz CT molecular complexity index is 1430. The second-order valence-electron chi connectivity index (χ2n) is 11.2. The lowest BCUT2D eigenvalue weighted by atomic mass is 9.86. The maximum atomic E-state index is 13.2. The summed E-state index contributed by atoms with van der Waals surface area (Å²) >= 11 is 0. The quantitative estimate of drug-likeness (QED) is 0.462. The van der Waals surface area contributed by atoms with E-state index in [1.807, 2.05) is 48.2 Å². The van der Waals surface area contributed by atoms with Gasteiger partial charge in [0.05, 0.1) is 5.56 Å². The van der Waals surface area contributed by atoms with Crippen molar-refractivity contribution in [2.24, 2.45) is 11.3 Å². The Morgan fingerprint density at radius 1 is 1.00 bits per heavy atom. The summed E-state index contributed by atoms with van der Waals surface area (Å²) in [4.78, 5) is 39.8. The SMILES string of the molecule is CC1(C(=O)N2CCc3c(-c4cccc(C(=O)O)c4)ccc(CNC(=O)[C@@H]4C[C@H]4c4ccccc4)c3C2)CC1. The molecule has 1 heterocycles. The number of aromatic carboxylic acids is 1. The van der Waals surface area contributed by atoms with Crippen molar-refractivity contribution in [2.45, 2.75) is 51.6 Å². The van der Waals surface area contributed by atoms with Gasteiger partial charge in [-0.2, -0.15) is 0 Å². The molecular formula is C32H32N2O4. The minimum Gasteiger partial charge on any atom is -0.478 e. The van der Waals surface area contributed by atoms with Crippen molar-refractivity contribution >= 4 is 17.8 Å². The minimum absolute atomic E-state index is 0.000787. The summed E-state index contributed by atoms with van der Waals surface area (Å²) < 4.78 is 0. The van der Waals surface area contributed by atoms with Crippen LogP contribution in [0.3, 0.4) is 0 Å². The summed E-state index contributed by atoms with van der Waals surface area (Å²) in [5, 5.41) is 12.7. The molecule has 2 saturated carbocycles. The summed E-state index contributed by atoms with van der Waals surface area (Å²) in [6.07, 6.45) is 3.44. The normalized spacial score (nSPS) is 20.8. The van der Waals surface area contributed by atoms with Crippen LogP contribution >= 0.6 is 0 Å². The lowest BCUT2D eigenvalue weighted by Crippen LogP contribution is -2.40. The van der Waals surface area contributed by atoms with Crippen LogP contribution < -0.4 is 5.32 Å². The molecule has 2 aliphatic carbocycles. The number of carboxylic acids is 1. The minimum atomic E-state index is -0.955.